The fourth-order valence-electron chi connectivity index (χ4n) is 6.23. The summed E-state index contributed by atoms with van der Waals surface area (Å²) in [5.41, 5.74) is 7.78. The van der Waals surface area contributed by atoms with Gasteiger partial charge in [0.2, 0.25) is 5.91 Å². The number of carbonyl (C=O) groups is 1. The first kappa shape index (κ1) is 25.5. The number of hydrogen-bond acceptors (Lipinski definition) is 5. The molecule has 1 amide bonds. The number of pyridine rings is 2. The van der Waals surface area contributed by atoms with Gasteiger partial charge in [0.25, 0.3) is 5.56 Å². The lowest BCUT2D eigenvalue weighted by Crippen LogP contribution is -2.44. The van der Waals surface area contributed by atoms with Crippen molar-refractivity contribution in [2.45, 2.75) is 19.8 Å². The third-order valence-corrected chi connectivity index (χ3v) is 8.61. The number of carbonyl (C=O) groups excluding carboxylic acids is 1. The van der Waals surface area contributed by atoms with Gasteiger partial charge in [-0.15, -0.1) is 0 Å². The van der Waals surface area contributed by atoms with Crippen LogP contribution < -0.4 is 15.4 Å². The van der Waals surface area contributed by atoms with Crippen molar-refractivity contribution >= 4 is 39.1 Å². The number of piperazine rings is 1. The highest BCUT2D eigenvalue weighted by atomic mass is 16.2. The Labute approximate surface area is 239 Å². The van der Waals surface area contributed by atoms with Gasteiger partial charge >= 0.3 is 0 Å². The summed E-state index contributed by atoms with van der Waals surface area (Å²) in [5.74, 6) is 0.101. The number of fused-ring (bicyclic) bond motifs is 4. The molecular weight excluding hydrogens is 510 g/mol. The fourth-order valence-corrected chi connectivity index (χ4v) is 6.23. The van der Waals surface area contributed by atoms with Crippen LogP contribution in [0.25, 0.3) is 38.6 Å². The summed E-state index contributed by atoms with van der Waals surface area (Å²) in [6.07, 6.45) is 3.11. The van der Waals surface area contributed by atoms with Gasteiger partial charge in [0, 0.05) is 73.6 Å². The van der Waals surface area contributed by atoms with Crippen LogP contribution in [0, 0.1) is 0 Å². The normalized spacial score (nSPS) is 15.6. The minimum absolute atomic E-state index is 0.101. The second-order valence-electron chi connectivity index (χ2n) is 11.1. The monoisotopic (exact) mass is 543 g/mol. The van der Waals surface area contributed by atoms with Crippen LogP contribution in [0.3, 0.4) is 0 Å². The molecule has 0 radical (unpaired) electrons. The highest BCUT2D eigenvalue weighted by Crippen LogP contribution is 2.34. The Morgan fingerprint density at radius 1 is 0.829 bits per heavy atom. The van der Waals surface area contributed by atoms with Crippen LogP contribution in [0.5, 0.6) is 0 Å². The second-order valence-corrected chi connectivity index (χ2v) is 11.1. The molecule has 0 N–H and O–H groups in total. The van der Waals surface area contributed by atoms with E-state index >= 15 is 0 Å². The molecule has 0 aliphatic carbocycles. The van der Waals surface area contributed by atoms with Crippen LogP contribution in [0.15, 0.2) is 83.8 Å². The highest BCUT2D eigenvalue weighted by Gasteiger charge is 2.24. The molecule has 41 heavy (non-hydrogen) atoms. The van der Waals surface area contributed by atoms with E-state index in [0.717, 1.165) is 82.5 Å². The summed E-state index contributed by atoms with van der Waals surface area (Å²) in [6, 6.07) is 24.5. The quantitative estimate of drug-likeness (QED) is 0.290. The van der Waals surface area contributed by atoms with E-state index in [9.17, 15) is 9.59 Å². The van der Waals surface area contributed by atoms with Crippen molar-refractivity contribution < 1.29 is 4.79 Å². The molecule has 5 aromatic rings. The van der Waals surface area contributed by atoms with Crippen molar-refractivity contribution in [1.82, 2.24) is 14.5 Å². The number of nitrogens with zero attached hydrogens (tertiary/aromatic N) is 5. The molecule has 1 fully saturated rings. The fraction of sp³-hybridized carbons (Fsp3) is 0.265. The summed E-state index contributed by atoms with van der Waals surface area (Å²) < 4.78 is 1.77. The average Bonchev–Trinajstić information content (AvgIpc) is 3.44. The van der Waals surface area contributed by atoms with Crippen molar-refractivity contribution in [3.8, 4) is 16.8 Å². The minimum atomic E-state index is -0.113. The predicted molar refractivity (Wildman–Crippen MR) is 166 cm³/mol. The van der Waals surface area contributed by atoms with Gasteiger partial charge in [-0.05, 0) is 72.6 Å². The molecule has 0 unspecified atom stereocenters. The van der Waals surface area contributed by atoms with Crippen LogP contribution in [0.2, 0.25) is 0 Å². The molecule has 2 aliphatic heterocycles. The molecule has 7 rings (SSSR count). The predicted octanol–water partition coefficient (Wildman–Crippen LogP) is 5.26. The highest BCUT2D eigenvalue weighted by molar-refractivity contribution is 6.05. The lowest BCUT2D eigenvalue weighted by Gasteiger charge is -2.34. The molecule has 2 aliphatic rings. The number of anilines is 2. The lowest BCUT2D eigenvalue weighted by molar-refractivity contribution is -0.118. The number of benzene rings is 3. The van der Waals surface area contributed by atoms with Gasteiger partial charge in [0.05, 0.1) is 16.7 Å². The second kappa shape index (κ2) is 10.2. The standard InChI is InChI=1S/C34H33N5O2/c1-3-32(40)38-15-14-24-6-11-28(21-31(24)38)39-33(41)13-8-26-22-35-30-12-7-25(20-29(30)34(26)39)23-4-9-27(10-5-23)37-18-16-36(2)17-19-37/h4-13,20-22H,3,14-19H2,1-2H3. The molecule has 206 valence electrons. The Hall–Kier alpha value is -4.49. The summed E-state index contributed by atoms with van der Waals surface area (Å²) in [4.78, 5) is 37.4. The Morgan fingerprint density at radius 2 is 1.59 bits per heavy atom. The first-order valence-electron chi connectivity index (χ1n) is 14.4. The zero-order chi connectivity index (χ0) is 28.1. The zero-order valence-electron chi connectivity index (χ0n) is 23.5. The molecular formula is C34H33N5O2. The third kappa shape index (κ3) is 4.46. The zero-order valence-corrected chi connectivity index (χ0v) is 23.5. The van der Waals surface area contributed by atoms with Gasteiger partial charge < -0.3 is 14.7 Å². The maximum Gasteiger partial charge on any atom is 0.255 e. The third-order valence-electron chi connectivity index (χ3n) is 8.61. The van der Waals surface area contributed by atoms with Crippen molar-refractivity contribution in [2.75, 3.05) is 49.6 Å². The maximum atomic E-state index is 13.5. The molecule has 0 saturated carbocycles. The molecule has 7 heteroatoms. The van der Waals surface area contributed by atoms with E-state index in [0.29, 0.717) is 13.0 Å². The van der Waals surface area contributed by atoms with Crippen molar-refractivity contribution in [3.05, 3.63) is 94.9 Å². The topological polar surface area (TPSA) is 61.7 Å². The van der Waals surface area contributed by atoms with E-state index in [4.69, 9.17) is 4.98 Å². The molecule has 3 aromatic carbocycles. The van der Waals surface area contributed by atoms with Gasteiger partial charge in [-0.3, -0.25) is 19.1 Å². The number of rotatable bonds is 4. The van der Waals surface area contributed by atoms with Gasteiger partial charge in [-0.2, -0.15) is 0 Å². The van der Waals surface area contributed by atoms with E-state index in [1.807, 2.05) is 42.3 Å². The van der Waals surface area contributed by atoms with Gasteiger partial charge in [0.1, 0.15) is 0 Å². The van der Waals surface area contributed by atoms with Crippen LogP contribution in [-0.2, 0) is 11.2 Å². The molecule has 0 spiro atoms. The summed E-state index contributed by atoms with van der Waals surface area (Å²) >= 11 is 0. The van der Waals surface area contributed by atoms with E-state index in [1.165, 1.54) is 5.69 Å². The van der Waals surface area contributed by atoms with Crippen LogP contribution >= 0.6 is 0 Å². The van der Waals surface area contributed by atoms with E-state index < -0.39 is 0 Å². The van der Waals surface area contributed by atoms with Crippen molar-refractivity contribution in [1.29, 1.82) is 0 Å². The Bertz CT molecular complexity index is 1850. The number of likely N-dealkylation sites (N-methyl/N-ethyl adjacent to an activating group) is 1. The van der Waals surface area contributed by atoms with Crippen LogP contribution in [-0.4, -0.2) is 60.1 Å². The maximum absolute atomic E-state index is 13.5. The smallest absolute Gasteiger partial charge is 0.255 e. The Morgan fingerprint density at radius 3 is 2.37 bits per heavy atom. The van der Waals surface area contributed by atoms with Gasteiger partial charge in [-0.1, -0.05) is 31.2 Å². The first-order chi connectivity index (χ1) is 20.0. The van der Waals surface area contributed by atoms with Gasteiger partial charge in [-0.25, -0.2) is 0 Å². The molecule has 7 nitrogen and oxygen atoms in total. The molecule has 4 heterocycles. The number of hydrogen-bond donors (Lipinski definition) is 0. The number of aromatic nitrogens is 2. The SMILES string of the molecule is CCC(=O)N1CCc2ccc(-n3c(=O)ccc4cnc5ccc(-c6ccc(N7CCN(C)CC7)cc6)cc5c43)cc21. The molecule has 1 saturated heterocycles. The lowest BCUT2D eigenvalue weighted by atomic mass is 10.0. The van der Waals surface area contributed by atoms with E-state index in [1.54, 1.807) is 10.6 Å². The first-order valence-corrected chi connectivity index (χ1v) is 14.4. The summed E-state index contributed by atoms with van der Waals surface area (Å²) in [5, 5.41) is 1.81. The molecule has 0 atom stereocenters. The molecule has 0 bridgehead atoms. The summed E-state index contributed by atoms with van der Waals surface area (Å²) in [7, 11) is 2.17. The van der Waals surface area contributed by atoms with Gasteiger partial charge in [0.15, 0.2) is 0 Å². The van der Waals surface area contributed by atoms with Crippen LogP contribution in [0.4, 0.5) is 11.4 Å². The Kier molecular flexibility index (Phi) is 6.31. The largest absolute Gasteiger partial charge is 0.369 e. The van der Waals surface area contributed by atoms with Crippen molar-refractivity contribution in [3.63, 3.8) is 0 Å². The van der Waals surface area contributed by atoms with Crippen LogP contribution in [0.1, 0.15) is 18.9 Å². The number of amides is 1. The summed E-state index contributed by atoms with van der Waals surface area (Å²) in [6.45, 7) is 6.79. The average molecular weight is 544 g/mol. The van der Waals surface area contributed by atoms with E-state index in [-0.39, 0.29) is 11.5 Å². The van der Waals surface area contributed by atoms with Crippen molar-refractivity contribution in [2.24, 2.45) is 0 Å². The molecule has 2 aromatic heterocycles. The minimum Gasteiger partial charge on any atom is -0.369 e. The Balaban J connectivity index is 1.34. The van der Waals surface area contributed by atoms with E-state index in [2.05, 4.69) is 59.3 Å².